The van der Waals surface area contributed by atoms with Gasteiger partial charge in [0.2, 0.25) is 0 Å². The Labute approximate surface area is 121 Å². The van der Waals surface area contributed by atoms with E-state index in [9.17, 15) is 4.79 Å². The lowest BCUT2D eigenvalue weighted by atomic mass is 10.1. The van der Waals surface area contributed by atoms with Crippen molar-refractivity contribution in [2.24, 2.45) is 5.10 Å². The summed E-state index contributed by atoms with van der Waals surface area (Å²) in [5, 5.41) is 4.19. The summed E-state index contributed by atoms with van der Waals surface area (Å²) < 4.78 is 5.71. The first-order valence-corrected chi connectivity index (χ1v) is 7.31. The first-order valence-electron chi connectivity index (χ1n) is 6.52. The van der Waals surface area contributed by atoms with E-state index in [1.54, 1.807) is 17.0 Å². The highest BCUT2D eigenvalue weighted by Crippen LogP contribution is 2.13. The van der Waals surface area contributed by atoms with Gasteiger partial charge in [0.25, 0.3) is 0 Å². The molecule has 0 aliphatic carbocycles. The summed E-state index contributed by atoms with van der Waals surface area (Å²) in [5.74, 6) is -0.0432. The molecule has 0 saturated carbocycles. The van der Waals surface area contributed by atoms with Crippen molar-refractivity contribution >= 4 is 27.5 Å². The Morgan fingerprint density at radius 3 is 2.63 bits per heavy atom. The van der Waals surface area contributed by atoms with Crippen LogP contribution in [0.3, 0.4) is 0 Å². The summed E-state index contributed by atoms with van der Waals surface area (Å²) in [6.45, 7) is 6.62. The fraction of sp³-hybridized carbons (Fsp3) is 0.538. The average molecular weight is 329 g/mol. The second-order valence-electron chi connectivity index (χ2n) is 5.04. The molecule has 0 radical (unpaired) electrons. The number of carbonyl (C=O) groups excluding carboxylic acids is 1. The molecule has 0 aromatic carbocycles. The third kappa shape index (κ3) is 3.91. The summed E-state index contributed by atoms with van der Waals surface area (Å²) >= 11 is 3.16. The molecule has 2 heterocycles. The molecule has 2 rings (SSSR count). The Morgan fingerprint density at radius 1 is 1.42 bits per heavy atom. The number of rotatable bonds is 3. The molecule has 1 fully saturated rings. The summed E-state index contributed by atoms with van der Waals surface area (Å²) in [4.78, 5) is 13.3. The first-order chi connectivity index (χ1) is 9.06. The van der Waals surface area contributed by atoms with E-state index in [0.717, 1.165) is 31.6 Å². The SMILES string of the molecule is CC(C)[NH+]1CCC(=NNC(=O)c2ccc(Br)o2)CC1. The molecule has 6 heteroatoms. The lowest BCUT2D eigenvalue weighted by molar-refractivity contribution is -0.922. The van der Waals surface area contributed by atoms with E-state index < -0.39 is 0 Å². The zero-order valence-electron chi connectivity index (χ0n) is 11.2. The van der Waals surface area contributed by atoms with Gasteiger partial charge < -0.3 is 9.32 Å². The second-order valence-corrected chi connectivity index (χ2v) is 5.82. The van der Waals surface area contributed by atoms with Crippen LogP contribution in [0.2, 0.25) is 0 Å². The van der Waals surface area contributed by atoms with Crippen LogP contribution in [-0.2, 0) is 0 Å². The van der Waals surface area contributed by atoms with Gasteiger partial charge in [-0.05, 0) is 41.9 Å². The van der Waals surface area contributed by atoms with Crippen LogP contribution < -0.4 is 10.3 Å². The second kappa shape index (κ2) is 6.34. The van der Waals surface area contributed by atoms with E-state index in [2.05, 4.69) is 40.3 Å². The number of furan rings is 1. The molecule has 1 aromatic rings. The number of hydrogen-bond acceptors (Lipinski definition) is 3. The normalized spacial score (nSPS) is 19.6. The standard InChI is InChI=1S/C13H18BrN3O2/c1-9(2)17-7-5-10(6-8-17)15-16-13(18)11-3-4-12(14)19-11/h3-4,9H,5-8H2,1-2H3,(H,16,18)/p+1. The van der Waals surface area contributed by atoms with Gasteiger partial charge in [-0.15, -0.1) is 0 Å². The lowest BCUT2D eigenvalue weighted by Gasteiger charge is -2.27. The summed E-state index contributed by atoms with van der Waals surface area (Å²) in [5.41, 5.74) is 3.61. The van der Waals surface area contributed by atoms with E-state index in [1.807, 2.05) is 0 Å². The van der Waals surface area contributed by atoms with Gasteiger partial charge in [0.15, 0.2) is 10.4 Å². The maximum atomic E-state index is 11.7. The molecular formula is C13H19BrN3O2+. The predicted octanol–water partition coefficient (Wildman–Crippen LogP) is 1.22. The lowest BCUT2D eigenvalue weighted by Crippen LogP contribution is -3.16. The van der Waals surface area contributed by atoms with Gasteiger partial charge in [-0.25, -0.2) is 5.43 Å². The number of piperidine rings is 1. The molecule has 1 aliphatic rings. The average Bonchev–Trinajstić information content (AvgIpc) is 2.83. The predicted molar refractivity (Wildman–Crippen MR) is 76.4 cm³/mol. The summed E-state index contributed by atoms with van der Waals surface area (Å²) in [6, 6.07) is 3.95. The van der Waals surface area contributed by atoms with Crippen LogP contribution >= 0.6 is 15.9 Å². The number of carbonyl (C=O) groups is 1. The van der Waals surface area contributed by atoms with Crippen molar-refractivity contribution in [3.05, 3.63) is 22.6 Å². The monoisotopic (exact) mass is 328 g/mol. The van der Waals surface area contributed by atoms with Crippen LogP contribution in [0.15, 0.2) is 26.3 Å². The largest absolute Gasteiger partial charge is 0.444 e. The van der Waals surface area contributed by atoms with Crippen molar-refractivity contribution in [2.75, 3.05) is 13.1 Å². The molecule has 0 unspecified atom stereocenters. The fourth-order valence-electron chi connectivity index (χ4n) is 2.17. The quantitative estimate of drug-likeness (QED) is 0.819. The number of quaternary nitrogens is 1. The van der Waals surface area contributed by atoms with Gasteiger partial charge >= 0.3 is 5.91 Å². The molecule has 0 bridgehead atoms. The maximum Gasteiger partial charge on any atom is 0.307 e. The van der Waals surface area contributed by atoms with Crippen molar-refractivity contribution in [1.29, 1.82) is 0 Å². The van der Waals surface area contributed by atoms with Gasteiger partial charge in [-0.2, -0.15) is 5.10 Å². The Morgan fingerprint density at radius 2 is 2.11 bits per heavy atom. The topological polar surface area (TPSA) is 59.0 Å². The number of nitrogens with one attached hydrogen (secondary N) is 2. The Bertz CT molecular complexity index is 472. The number of likely N-dealkylation sites (tertiary alicyclic amines) is 1. The Kier molecular flexibility index (Phi) is 4.76. The van der Waals surface area contributed by atoms with Crippen molar-refractivity contribution in [3.8, 4) is 0 Å². The molecule has 1 saturated heterocycles. The van der Waals surface area contributed by atoms with Crippen LogP contribution in [0, 0.1) is 0 Å². The van der Waals surface area contributed by atoms with E-state index in [0.29, 0.717) is 10.7 Å². The Balaban J connectivity index is 1.85. The number of nitrogens with zero attached hydrogens (tertiary/aromatic N) is 1. The third-order valence-electron chi connectivity index (χ3n) is 3.40. The molecular weight excluding hydrogens is 310 g/mol. The van der Waals surface area contributed by atoms with Crippen LogP contribution in [0.4, 0.5) is 0 Å². The molecule has 2 N–H and O–H groups in total. The van der Waals surface area contributed by atoms with Crippen LogP contribution in [0.1, 0.15) is 37.2 Å². The zero-order valence-corrected chi connectivity index (χ0v) is 12.8. The highest BCUT2D eigenvalue weighted by atomic mass is 79.9. The summed E-state index contributed by atoms with van der Waals surface area (Å²) in [6.07, 6.45) is 1.88. The minimum Gasteiger partial charge on any atom is -0.444 e. The van der Waals surface area contributed by atoms with E-state index in [1.165, 1.54) is 0 Å². The Hall–Kier alpha value is -1.14. The van der Waals surface area contributed by atoms with Gasteiger partial charge in [-0.1, -0.05) is 0 Å². The molecule has 0 atom stereocenters. The minimum atomic E-state index is -0.308. The smallest absolute Gasteiger partial charge is 0.307 e. The maximum absolute atomic E-state index is 11.7. The molecule has 104 valence electrons. The van der Waals surface area contributed by atoms with Crippen LogP contribution in [-0.4, -0.2) is 30.8 Å². The molecule has 1 amide bonds. The van der Waals surface area contributed by atoms with E-state index in [4.69, 9.17) is 4.42 Å². The van der Waals surface area contributed by atoms with Crippen molar-refractivity contribution in [1.82, 2.24) is 5.43 Å². The highest BCUT2D eigenvalue weighted by molar-refractivity contribution is 9.10. The molecule has 1 aliphatic heterocycles. The van der Waals surface area contributed by atoms with E-state index in [-0.39, 0.29) is 11.7 Å². The van der Waals surface area contributed by atoms with Gasteiger partial charge in [0.1, 0.15) is 0 Å². The fourth-order valence-corrected chi connectivity index (χ4v) is 2.48. The number of amides is 1. The molecule has 5 nitrogen and oxygen atoms in total. The van der Waals surface area contributed by atoms with Crippen molar-refractivity contribution in [2.45, 2.75) is 32.7 Å². The third-order valence-corrected chi connectivity index (χ3v) is 3.82. The highest BCUT2D eigenvalue weighted by Gasteiger charge is 2.20. The molecule has 0 spiro atoms. The van der Waals surface area contributed by atoms with Crippen molar-refractivity contribution < 1.29 is 14.1 Å². The van der Waals surface area contributed by atoms with Gasteiger partial charge in [0.05, 0.1) is 19.1 Å². The summed E-state index contributed by atoms with van der Waals surface area (Å²) in [7, 11) is 0. The number of hydrogen-bond donors (Lipinski definition) is 2. The van der Waals surface area contributed by atoms with Gasteiger partial charge in [0, 0.05) is 18.6 Å². The number of halogens is 1. The molecule has 19 heavy (non-hydrogen) atoms. The van der Waals surface area contributed by atoms with Gasteiger partial charge in [-0.3, -0.25) is 4.79 Å². The first kappa shape index (κ1) is 14.3. The zero-order chi connectivity index (χ0) is 13.8. The van der Waals surface area contributed by atoms with Crippen LogP contribution in [0.5, 0.6) is 0 Å². The molecule has 1 aromatic heterocycles. The van der Waals surface area contributed by atoms with Crippen molar-refractivity contribution in [3.63, 3.8) is 0 Å². The van der Waals surface area contributed by atoms with Crippen LogP contribution in [0.25, 0.3) is 0 Å². The minimum absolute atomic E-state index is 0.265. The van der Waals surface area contributed by atoms with E-state index >= 15 is 0 Å². The number of hydrazone groups is 1.